The monoisotopic (exact) mass is 135 g/mol. The van der Waals surface area contributed by atoms with Crippen molar-refractivity contribution in [3.63, 3.8) is 0 Å². The van der Waals surface area contributed by atoms with Gasteiger partial charge >= 0.3 is 5.97 Å². The molecule has 0 aromatic carbocycles. The Morgan fingerprint density at radius 3 is 2.22 bits per heavy atom. The van der Waals surface area contributed by atoms with Crippen LogP contribution in [0.2, 0.25) is 0 Å². The van der Waals surface area contributed by atoms with E-state index >= 15 is 0 Å². The van der Waals surface area contributed by atoms with E-state index in [0.717, 1.165) is 0 Å². The van der Waals surface area contributed by atoms with Crippen molar-refractivity contribution in [2.75, 3.05) is 0 Å². The molecule has 0 aromatic heterocycles. The first-order chi connectivity index (χ1) is 4.04. The molecule has 0 unspecified atom stereocenters. The van der Waals surface area contributed by atoms with E-state index in [2.05, 4.69) is 0 Å². The molecule has 0 aromatic rings. The average Bonchev–Trinajstić information content (AvgIpc) is 1.63. The van der Waals surface area contributed by atoms with Crippen molar-refractivity contribution < 1.29 is 9.90 Å². The van der Waals surface area contributed by atoms with Crippen molar-refractivity contribution >= 4 is 5.97 Å². The lowest BCUT2D eigenvalue weighted by atomic mass is 10.2. The van der Waals surface area contributed by atoms with Crippen LogP contribution in [-0.4, -0.2) is 17.1 Å². The zero-order valence-corrected chi connectivity index (χ0v) is 5.79. The number of carboxylic acid groups (broad SMARTS) is 1. The number of hydrogen-bond acceptors (Lipinski definition) is 2. The quantitative estimate of drug-likeness (QED) is 0.590. The highest BCUT2D eigenvalue weighted by Crippen LogP contribution is 2.01. The minimum absolute atomic E-state index is 0.357. The summed E-state index contributed by atoms with van der Waals surface area (Å²) in [6, 6.07) is -0.690. The summed E-state index contributed by atoms with van der Waals surface area (Å²) in [5, 5.41) is 8.31. The molecular formula is C6H13NO2. The maximum Gasteiger partial charge on any atom is 0.320 e. The van der Waals surface area contributed by atoms with Crippen LogP contribution >= 0.6 is 0 Å². The third-order valence-electron chi connectivity index (χ3n) is 1.04. The van der Waals surface area contributed by atoms with E-state index in [-0.39, 0.29) is 0 Å². The predicted molar refractivity (Wildman–Crippen MR) is 35.1 cm³/mol. The molecule has 0 rings (SSSR count). The summed E-state index contributed by atoms with van der Waals surface area (Å²) in [4.78, 5) is 10.1. The normalized spacial score (nSPS) is 13.8. The van der Waals surface area contributed by atoms with Crippen LogP contribution < -0.4 is 5.73 Å². The minimum atomic E-state index is -0.913. The summed E-state index contributed by atoms with van der Waals surface area (Å²) < 4.78 is 0. The van der Waals surface area contributed by atoms with Gasteiger partial charge in [0.2, 0.25) is 0 Å². The molecule has 0 aliphatic heterocycles. The van der Waals surface area contributed by atoms with E-state index in [1.54, 1.807) is 0 Å². The van der Waals surface area contributed by atoms with Gasteiger partial charge in [0, 0.05) is 0 Å². The van der Waals surface area contributed by atoms with Gasteiger partial charge in [-0.15, -0.1) is 0 Å². The van der Waals surface area contributed by atoms with Gasteiger partial charge in [-0.3, -0.25) is 4.79 Å². The van der Waals surface area contributed by atoms with Crippen LogP contribution in [0, 0.1) is 5.92 Å². The molecule has 54 valence electrons. The van der Waals surface area contributed by atoms with Crippen LogP contribution in [-0.2, 0) is 4.79 Å². The van der Waals surface area contributed by atoms with Gasteiger partial charge < -0.3 is 10.8 Å². The molecule has 0 saturated carbocycles. The van der Waals surface area contributed by atoms with Gasteiger partial charge in [-0.1, -0.05) is 13.8 Å². The predicted octanol–water partition coefficient (Wildman–Crippen LogP) is 0.444. The van der Waals surface area contributed by atoms with Gasteiger partial charge in [0.25, 0.3) is 0 Å². The Hall–Kier alpha value is -0.570. The summed E-state index contributed by atoms with van der Waals surface area (Å²) in [7, 11) is 0. The summed E-state index contributed by atoms with van der Waals surface area (Å²) in [5.41, 5.74) is 5.22. The molecule has 3 N–H and O–H groups in total. The SMILES string of the molecule is [14CH3]C([14CH3])C[C@H](N)C(=O)O. The van der Waals surface area contributed by atoms with E-state index in [1.165, 1.54) is 0 Å². The number of hydrogen-bond donors (Lipinski definition) is 2. The summed E-state index contributed by atoms with van der Waals surface area (Å²) in [6.45, 7) is 3.89. The van der Waals surface area contributed by atoms with Gasteiger partial charge in [-0.05, 0) is 12.3 Å². The first-order valence-corrected chi connectivity index (χ1v) is 3.02. The third-order valence-corrected chi connectivity index (χ3v) is 1.04. The van der Waals surface area contributed by atoms with Gasteiger partial charge in [0.1, 0.15) is 6.04 Å². The molecular weight excluding hydrogens is 122 g/mol. The Morgan fingerprint density at radius 2 is 2.11 bits per heavy atom. The molecule has 9 heavy (non-hydrogen) atoms. The minimum Gasteiger partial charge on any atom is -0.480 e. The standard InChI is InChI=1S/C6H13NO2/c1-4(2)3-5(7)6(8)9/h4-5H,3,7H2,1-2H3,(H,8,9)/t5-/m0/s1/i1+2,2+2. The summed E-state index contributed by atoms with van der Waals surface area (Å²) in [6.07, 6.45) is 0.551. The number of aliphatic carboxylic acids is 1. The van der Waals surface area contributed by atoms with Crippen LogP contribution in [0.3, 0.4) is 0 Å². The molecule has 0 fully saturated rings. The highest BCUT2D eigenvalue weighted by molar-refractivity contribution is 5.72. The van der Waals surface area contributed by atoms with Crippen LogP contribution in [0.5, 0.6) is 0 Å². The molecule has 0 radical (unpaired) electrons. The Bertz CT molecular complexity index is 101. The topological polar surface area (TPSA) is 63.3 Å². The maximum absolute atomic E-state index is 10.1. The molecule has 0 spiro atoms. The fraction of sp³-hybridized carbons (Fsp3) is 0.833. The highest BCUT2D eigenvalue weighted by atomic mass is 16.4. The van der Waals surface area contributed by atoms with Crippen molar-refractivity contribution in [2.45, 2.75) is 26.3 Å². The fourth-order valence-electron chi connectivity index (χ4n) is 0.609. The molecule has 0 bridgehead atoms. The lowest BCUT2D eigenvalue weighted by Gasteiger charge is -2.07. The lowest BCUT2D eigenvalue weighted by molar-refractivity contribution is -0.138. The van der Waals surface area contributed by atoms with Gasteiger partial charge in [0.15, 0.2) is 0 Å². The smallest absolute Gasteiger partial charge is 0.320 e. The van der Waals surface area contributed by atoms with Crippen molar-refractivity contribution in [1.82, 2.24) is 0 Å². The van der Waals surface area contributed by atoms with E-state index in [0.29, 0.717) is 12.3 Å². The van der Waals surface area contributed by atoms with Crippen LogP contribution in [0.1, 0.15) is 20.3 Å². The number of carbonyl (C=O) groups is 1. The van der Waals surface area contributed by atoms with E-state index in [1.807, 2.05) is 13.8 Å². The van der Waals surface area contributed by atoms with Crippen molar-refractivity contribution in [3.05, 3.63) is 0 Å². The van der Waals surface area contributed by atoms with E-state index < -0.39 is 12.0 Å². The van der Waals surface area contributed by atoms with Crippen molar-refractivity contribution in [1.29, 1.82) is 0 Å². The molecule has 0 aliphatic rings. The third kappa shape index (κ3) is 3.97. The summed E-state index contributed by atoms with van der Waals surface area (Å²) >= 11 is 0. The highest BCUT2D eigenvalue weighted by Gasteiger charge is 2.11. The molecule has 1 atom stereocenters. The molecule has 3 heteroatoms. The zero-order chi connectivity index (χ0) is 7.44. The van der Waals surface area contributed by atoms with E-state index in [4.69, 9.17) is 10.8 Å². The second kappa shape index (κ2) is 3.45. The first kappa shape index (κ1) is 8.43. The van der Waals surface area contributed by atoms with Crippen molar-refractivity contribution in [2.24, 2.45) is 11.7 Å². The van der Waals surface area contributed by atoms with Gasteiger partial charge in [0.05, 0.1) is 0 Å². The Morgan fingerprint density at radius 1 is 1.67 bits per heavy atom. The van der Waals surface area contributed by atoms with Crippen molar-refractivity contribution in [3.8, 4) is 0 Å². The van der Waals surface area contributed by atoms with Crippen LogP contribution in [0.15, 0.2) is 0 Å². The second-order valence-electron chi connectivity index (χ2n) is 2.57. The molecule has 0 saturated heterocycles. The maximum atomic E-state index is 10.1. The zero-order valence-electron chi connectivity index (χ0n) is 5.79. The van der Waals surface area contributed by atoms with Crippen LogP contribution in [0.4, 0.5) is 0 Å². The number of nitrogens with two attached hydrogens (primary N) is 1. The summed E-state index contributed by atoms with van der Waals surface area (Å²) in [5.74, 6) is -0.556. The van der Waals surface area contributed by atoms with E-state index in [9.17, 15) is 4.79 Å². The number of carboxylic acids is 1. The first-order valence-electron chi connectivity index (χ1n) is 3.02. The number of rotatable bonds is 3. The average molecular weight is 135 g/mol. The molecule has 3 nitrogen and oxygen atoms in total. The van der Waals surface area contributed by atoms with Gasteiger partial charge in [-0.2, -0.15) is 0 Å². The van der Waals surface area contributed by atoms with Gasteiger partial charge in [-0.25, -0.2) is 0 Å². The Balaban J connectivity index is 3.50. The van der Waals surface area contributed by atoms with Crippen LogP contribution in [0.25, 0.3) is 0 Å². The fourth-order valence-corrected chi connectivity index (χ4v) is 0.609. The molecule has 0 amide bonds. The molecule has 0 aliphatic carbocycles. The Labute approximate surface area is 54.9 Å². The largest absolute Gasteiger partial charge is 0.480 e. The molecule has 0 heterocycles. The second-order valence-corrected chi connectivity index (χ2v) is 2.57. The Kier molecular flexibility index (Phi) is 3.24. The lowest BCUT2D eigenvalue weighted by Crippen LogP contribution is -2.31.